The van der Waals surface area contributed by atoms with Crippen molar-refractivity contribution < 1.29 is 9.90 Å². The maximum atomic E-state index is 12.2. The Morgan fingerprint density at radius 3 is 2.94 bits per heavy atom. The van der Waals surface area contributed by atoms with E-state index in [1.165, 1.54) is 0 Å². The summed E-state index contributed by atoms with van der Waals surface area (Å²) in [6.07, 6.45) is 3.53. The molecule has 2 rings (SSSR count). The van der Waals surface area contributed by atoms with Gasteiger partial charge in [0.05, 0.1) is 12.1 Å². The van der Waals surface area contributed by atoms with Crippen LogP contribution < -0.4 is 5.32 Å². The largest absolute Gasteiger partial charge is 0.393 e. The molecule has 0 aromatic heterocycles. The van der Waals surface area contributed by atoms with E-state index < -0.39 is 0 Å². The van der Waals surface area contributed by atoms with Crippen LogP contribution in [0.1, 0.15) is 32.6 Å². The summed E-state index contributed by atoms with van der Waals surface area (Å²) in [4.78, 5) is 14.1. The van der Waals surface area contributed by atoms with Crippen molar-refractivity contribution in [3.8, 4) is 0 Å². The van der Waals surface area contributed by atoms with Gasteiger partial charge in [0.25, 0.3) is 0 Å². The molecule has 2 aliphatic heterocycles. The van der Waals surface area contributed by atoms with Crippen LogP contribution in [0, 0.1) is 5.92 Å². The number of carbonyl (C=O) groups is 1. The highest BCUT2D eigenvalue weighted by Crippen LogP contribution is 2.21. The fraction of sp³-hybridized carbons (Fsp3) is 0.917. The van der Waals surface area contributed by atoms with Gasteiger partial charge < -0.3 is 15.3 Å². The van der Waals surface area contributed by atoms with Crippen LogP contribution in [0.2, 0.25) is 0 Å². The Hall–Kier alpha value is -0.610. The number of likely N-dealkylation sites (tertiary alicyclic amines) is 1. The molecule has 92 valence electrons. The quantitative estimate of drug-likeness (QED) is 0.715. The molecule has 0 aliphatic carbocycles. The summed E-state index contributed by atoms with van der Waals surface area (Å²) in [5.74, 6) is 0.502. The van der Waals surface area contributed by atoms with Gasteiger partial charge in [-0.15, -0.1) is 0 Å². The van der Waals surface area contributed by atoms with Crippen molar-refractivity contribution in [2.45, 2.75) is 44.8 Å². The second kappa shape index (κ2) is 5.15. The number of rotatable bonds is 2. The number of hydrogen-bond acceptors (Lipinski definition) is 3. The van der Waals surface area contributed by atoms with E-state index in [0.717, 1.165) is 38.8 Å². The molecule has 0 saturated carbocycles. The molecule has 1 amide bonds. The van der Waals surface area contributed by atoms with Gasteiger partial charge in [-0.25, -0.2) is 0 Å². The molecule has 2 heterocycles. The van der Waals surface area contributed by atoms with Gasteiger partial charge in [0.2, 0.25) is 5.91 Å². The van der Waals surface area contributed by atoms with Crippen LogP contribution >= 0.6 is 0 Å². The molecule has 0 unspecified atom stereocenters. The molecule has 2 aliphatic rings. The predicted molar refractivity (Wildman–Crippen MR) is 62.0 cm³/mol. The van der Waals surface area contributed by atoms with E-state index in [-0.39, 0.29) is 24.0 Å². The molecule has 0 bridgehead atoms. The number of carbonyl (C=O) groups excluding carboxylic acids is 1. The van der Waals surface area contributed by atoms with Crippen LogP contribution in [-0.4, -0.2) is 47.7 Å². The van der Waals surface area contributed by atoms with E-state index in [1.807, 2.05) is 4.90 Å². The smallest absolute Gasteiger partial charge is 0.239 e. The molecule has 0 radical (unpaired) electrons. The van der Waals surface area contributed by atoms with E-state index in [2.05, 4.69) is 12.2 Å². The zero-order valence-electron chi connectivity index (χ0n) is 9.98. The second-order valence-electron chi connectivity index (χ2n) is 4.96. The monoisotopic (exact) mass is 226 g/mol. The Morgan fingerprint density at radius 1 is 1.50 bits per heavy atom. The Morgan fingerprint density at radius 2 is 2.31 bits per heavy atom. The van der Waals surface area contributed by atoms with Gasteiger partial charge in [0.1, 0.15) is 0 Å². The molecular formula is C12H22N2O2. The zero-order valence-corrected chi connectivity index (χ0v) is 9.98. The van der Waals surface area contributed by atoms with Crippen LogP contribution in [0.15, 0.2) is 0 Å². The van der Waals surface area contributed by atoms with Gasteiger partial charge in [-0.3, -0.25) is 4.79 Å². The fourth-order valence-corrected chi connectivity index (χ4v) is 2.74. The molecule has 0 aromatic rings. The van der Waals surface area contributed by atoms with Crippen molar-refractivity contribution in [1.29, 1.82) is 0 Å². The minimum absolute atomic E-state index is 0.0350. The zero-order chi connectivity index (χ0) is 11.5. The van der Waals surface area contributed by atoms with Crippen LogP contribution in [0.5, 0.6) is 0 Å². The number of hydrogen-bond donors (Lipinski definition) is 2. The molecule has 0 spiro atoms. The first kappa shape index (κ1) is 11.9. The number of aliphatic hydroxyl groups is 1. The number of aliphatic hydroxyl groups excluding tert-OH is 1. The van der Waals surface area contributed by atoms with Crippen molar-refractivity contribution >= 4 is 5.91 Å². The lowest BCUT2D eigenvalue weighted by atomic mass is 9.92. The van der Waals surface area contributed by atoms with Crippen molar-refractivity contribution in [3.05, 3.63) is 0 Å². The van der Waals surface area contributed by atoms with Crippen LogP contribution in [0.3, 0.4) is 0 Å². The highest BCUT2D eigenvalue weighted by atomic mass is 16.3. The summed E-state index contributed by atoms with van der Waals surface area (Å²) >= 11 is 0. The third-order valence-electron chi connectivity index (χ3n) is 3.89. The van der Waals surface area contributed by atoms with E-state index in [4.69, 9.17) is 0 Å². The first-order valence-corrected chi connectivity index (χ1v) is 6.42. The lowest BCUT2D eigenvalue weighted by Gasteiger charge is -2.37. The molecule has 3 atom stereocenters. The first-order valence-electron chi connectivity index (χ1n) is 6.42. The minimum atomic E-state index is -0.217. The van der Waals surface area contributed by atoms with Crippen molar-refractivity contribution in [2.75, 3.05) is 19.6 Å². The third-order valence-corrected chi connectivity index (χ3v) is 3.89. The number of nitrogens with zero attached hydrogens (tertiary/aromatic N) is 1. The summed E-state index contributed by atoms with van der Waals surface area (Å²) in [5.41, 5.74) is 0. The SMILES string of the molecule is CC[C@@H]1CN(C(=O)[C@@H]2CCCN2)CC[C@H]1O. The highest BCUT2D eigenvalue weighted by Gasteiger charge is 2.33. The standard InChI is InChI=1S/C12H22N2O2/c1-2-9-8-14(7-5-11(9)15)12(16)10-4-3-6-13-10/h9-11,13,15H,2-8H2,1H3/t9-,10+,11-/m1/s1. The van der Waals surface area contributed by atoms with Crippen LogP contribution in [0.25, 0.3) is 0 Å². The van der Waals surface area contributed by atoms with Gasteiger partial charge in [-0.1, -0.05) is 6.92 Å². The number of nitrogens with one attached hydrogen (secondary N) is 1. The van der Waals surface area contributed by atoms with E-state index in [9.17, 15) is 9.90 Å². The van der Waals surface area contributed by atoms with Crippen molar-refractivity contribution in [3.63, 3.8) is 0 Å². The summed E-state index contributed by atoms with van der Waals surface area (Å²) in [7, 11) is 0. The van der Waals surface area contributed by atoms with Gasteiger partial charge >= 0.3 is 0 Å². The van der Waals surface area contributed by atoms with E-state index in [0.29, 0.717) is 6.54 Å². The van der Waals surface area contributed by atoms with Crippen molar-refractivity contribution in [2.24, 2.45) is 5.92 Å². The Labute approximate surface area is 97.0 Å². The normalized spacial score (nSPS) is 35.4. The lowest BCUT2D eigenvalue weighted by molar-refractivity contribution is -0.136. The summed E-state index contributed by atoms with van der Waals surface area (Å²) in [5, 5.41) is 13.0. The third kappa shape index (κ3) is 2.38. The predicted octanol–water partition coefficient (Wildman–Crippen LogP) is 0.358. The average molecular weight is 226 g/mol. The molecule has 2 saturated heterocycles. The molecular weight excluding hydrogens is 204 g/mol. The summed E-state index contributed by atoms with van der Waals surface area (Å²) in [6.45, 7) is 4.49. The molecule has 2 fully saturated rings. The maximum Gasteiger partial charge on any atom is 0.239 e. The highest BCUT2D eigenvalue weighted by molar-refractivity contribution is 5.82. The fourth-order valence-electron chi connectivity index (χ4n) is 2.74. The molecule has 16 heavy (non-hydrogen) atoms. The van der Waals surface area contributed by atoms with E-state index in [1.54, 1.807) is 0 Å². The van der Waals surface area contributed by atoms with Gasteiger partial charge in [-0.2, -0.15) is 0 Å². The second-order valence-corrected chi connectivity index (χ2v) is 4.96. The maximum absolute atomic E-state index is 12.2. The topological polar surface area (TPSA) is 52.6 Å². The van der Waals surface area contributed by atoms with Gasteiger partial charge in [0.15, 0.2) is 0 Å². The molecule has 4 nitrogen and oxygen atoms in total. The van der Waals surface area contributed by atoms with Gasteiger partial charge in [-0.05, 0) is 32.2 Å². The summed E-state index contributed by atoms with van der Waals surface area (Å²) < 4.78 is 0. The number of amides is 1. The van der Waals surface area contributed by atoms with Gasteiger partial charge in [0, 0.05) is 19.0 Å². The minimum Gasteiger partial charge on any atom is -0.393 e. The molecule has 0 aromatic carbocycles. The van der Waals surface area contributed by atoms with Crippen LogP contribution in [0.4, 0.5) is 0 Å². The van der Waals surface area contributed by atoms with Crippen LogP contribution in [-0.2, 0) is 4.79 Å². The Bertz CT molecular complexity index is 251. The molecule has 2 N–H and O–H groups in total. The Kier molecular flexibility index (Phi) is 3.82. The lowest BCUT2D eigenvalue weighted by Crippen LogP contribution is -2.51. The average Bonchev–Trinajstić information content (AvgIpc) is 2.82. The van der Waals surface area contributed by atoms with Crippen molar-refractivity contribution in [1.82, 2.24) is 10.2 Å². The van der Waals surface area contributed by atoms with E-state index >= 15 is 0 Å². The number of piperidine rings is 1. The first-order chi connectivity index (χ1) is 7.72. The summed E-state index contributed by atoms with van der Waals surface area (Å²) in [6, 6.07) is 0.0350. The Balaban J connectivity index is 1.91. The molecule has 4 heteroatoms.